The Morgan fingerprint density at radius 1 is 1.03 bits per heavy atom. The van der Waals surface area contributed by atoms with E-state index in [0.717, 1.165) is 59.5 Å². The molecule has 0 fully saturated rings. The van der Waals surface area contributed by atoms with Gasteiger partial charge in [-0.05, 0) is 54.3 Å². The summed E-state index contributed by atoms with van der Waals surface area (Å²) in [5.74, 6) is -0.720. The summed E-state index contributed by atoms with van der Waals surface area (Å²) >= 11 is 4.82. The number of furan rings is 1. The van der Waals surface area contributed by atoms with Gasteiger partial charge in [-0.2, -0.15) is 0 Å². The van der Waals surface area contributed by atoms with Gasteiger partial charge in [0.25, 0.3) is 0 Å². The summed E-state index contributed by atoms with van der Waals surface area (Å²) in [4.78, 5) is 11.6. The third-order valence-corrected chi connectivity index (χ3v) is 5.79. The van der Waals surface area contributed by atoms with Gasteiger partial charge < -0.3 is 20.2 Å². The Labute approximate surface area is 189 Å². The molecule has 2 aromatic carbocycles. The molecule has 0 radical (unpaired) electrons. The van der Waals surface area contributed by atoms with Crippen molar-refractivity contribution in [3.05, 3.63) is 72.2 Å². The molecule has 1 heterocycles. The number of anilines is 1. The van der Waals surface area contributed by atoms with E-state index in [0.29, 0.717) is 0 Å². The summed E-state index contributed by atoms with van der Waals surface area (Å²) in [6.07, 6.45) is 7.32. The fourth-order valence-corrected chi connectivity index (χ4v) is 4.10. The number of thiol groups is 1. The minimum atomic E-state index is -0.720. The molecule has 3 rings (SSSR count). The number of carboxylic acid groups (broad SMARTS) is 1. The van der Waals surface area contributed by atoms with Crippen molar-refractivity contribution in [3.8, 4) is 11.1 Å². The van der Waals surface area contributed by atoms with E-state index in [2.05, 4.69) is 47.0 Å². The highest BCUT2D eigenvalue weighted by atomic mass is 32.1. The largest absolute Gasteiger partial charge is 0.481 e. The minimum Gasteiger partial charge on any atom is -0.481 e. The van der Waals surface area contributed by atoms with Crippen molar-refractivity contribution in [1.82, 2.24) is 5.32 Å². The van der Waals surface area contributed by atoms with Crippen molar-refractivity contribution in [2.75, 3.05) is 18.9 Å². The molecule has 6 heteroatoms. The molecule has 0 saturated carbocycles. The van der Waals surface area contributed by atoms with Gasteiger partial charge in [-0.1, -0.05) is 43.2 Å². The van der Waals surface area contributed by atoms with Crippen LogP contribution < -0.4 is 10.6 Å². The molecule has 0 amide bonds. The predicted molar refractivity (Wildman–Crippen MR) is 128 cm³/mol. The molecule has 0 bridgehead atoms. The Balaban J connectivity index is 1.76. The molecule has 0 aliphatic heterocycles. The summed E-state index contributed by atoms with van der Waals surface area (Å²) in [6.45, 7) is 0.840. The van der Waals surface area contributed by atoms with Gasteiger partial charge in [-0.25, -0.2) is 0 Å². The van der Waals surface area contributed by atoms with Crippen LogP contribution in [0.25, 0.3) is 11.1 Å². The van der Waals surface area contributed by atoms with Crippen LogP contribution in [-0.2, 0) is 4.79 Å². The van der Waals surface area contributed by atoms with E-state index < -0.39 is 5.97 Å². The lowest BCUT2D eigenvalue weighted by Crippen LogP contribution is -2.25. The van der Waals surface area contributed by atoms with Crippen molar-refractivity contribution in [1.29, 1.82) is 0 Å². The van der Waals surface area contributed by atoms with Crippen molar-refractivity contribution >= 4 is 24.3 Å². The molecule has 0 aliphatic rings. The van der Waals surface area contributed by atoms with Gasteiger partial charge in [0.05, 0.1) is 18.6 Å². The van der Waals surface area contributed by atoms with Gasteiger partial charge in [0.2, 0.25) is 0 Å². The third-order valence-electron chi connectivity index (χ3n) is 5.40. The quantitative estimate of drug-likeness (QED) is 0.206. The zero-order chi connectivity index (χ0) is 22.1. The van der Waals surface area contributed by atoms with Crippen LogP contribution in [0.1, 0.15) is 49.3 Å². The number of carboxylic acids is 1. The lowest BCUT2D eigenvalue weighted by Gasteiger charge is -2.24. The van der Waals surface area contributed by atoms with Crippen LogP contribution in [0, 0.1) is 0 Å². The average molecular weight is 439 g/mol. The molecule has 0 saturated heterocycles. The van der Waals surface area contributed by atoms with Crippen molar-refractivity contribution < 1.29 is 14.3 Å². The molecule has 0 spiro atoms. The maximum Gasteiger partial charge on any atom is 0.303 e. The SMILES string of the molecule is CNc1ccccc1C(NCCCCCCC(=O)O)c1ccc(-c2ccoc2)cc1S. The van der Waals surface area contributed by atoms with Crippen molar-refractivity contribution in [2.45, 2.75) is 43.0 Å². The summed E-state index contributed by atoms with van der Waals surface area (Å²) in [7, 11) is 1.93. The van der Waals surface area contributed by atoms with Crippen LogP contribution in [0.3, 0.4) is 0 Å². The number of unbranched alkanes of at least 4 members (excludes halogenated alkanes) is 3. The molecule has 0 aliphatic carbocycles. The molecular formula is C25H30N2O3S. The zero-order valence-electron chi connectivity index (χ0n) is 17.8. The smallest absolute Gasteiger partial charge is 0.303 e. The highest BCUT2D eigenvalue weighted by Crippen LogP contribution is 2.34. The maximum atomic E-state index is 10.7. The van der Waals surface area contributed by atoms with Crippen molar-refractivity contribution in [2.24, 2.45) is 0 Å². The van der Waals surface area contributed by atoms with Gasteiger partial charge in [-0.15, -0.1) is 12.6 Å². The van der Waals surface area contributed by atoms with E-state index in [1.165, 1.54) is 5.56 Å². The lowest BCUT2D eigenvalue weighted by molar-refractivity contribution is -0.137. The molecule has 164 valence electrons. The maximum absolute atomic E-state index is 10.7. The van der Waals surface area contributed by atoms with Gasteiger partial charge in [0.15, 0.2) is 0 Å². The Bertz CT molecular complexity index is 973. The van der Waals surface area contributed by atoms with E-state index in [4.69, 9.17) is 22.2 Å². The Morgan fingerprint density at radius 2 is 1.84 bits per heavy atom. The number of hydrogen-bond donors (Lipinski definition) is 4. The Hall–Kier alpha value is -2.70. The summed E-state index contributed by atoms with van der Waals surface area (Å²) in [6, 6.07) is 16.5. The normalized spacial score (nSPS) is 11.9. The van der Waals surface area contributed by atoms with Gasteiger partial charge >= 0.3 is 5.97 Å². The van der Waals surface area contributed by atoms with E-state index in [9.17, 15) is 4.79 Å². The van der Waals surface area contributed by atoms with Crippen LogP contribution >= 0.6 is 12.6 Å². The minimum absolute atomic E-state index is 0.00595. The number of benzene rings is 2. The van der Waals surface area contributed by atoms with E-state index in [1.807, 2.05) is 19.2 Å². The Morgan fingerprint density at radius 3 is 2.55 bits per heavy atom. The molecule has 3 N–H and O–H groups in total. The first-order chi connectivity index (χ1) is 15.1. The molecule has 5 nitrogen and oxygen atoms in total. The summed E-state index contributed by atoms with van der Waals surface area (Å²) in [5, 5.41) is 15.8. The fourth-order valence-electron chi connectivity index (χ4n) is 3.76. The van der Waals surface area contributed by atoms with Gasteiger partial charge in [0.1, 0.15) is 0 Å². The molecule has 3 aromatic rings. The second-order valence-electron chi connectivity index (χ2n) is 7.57. The van der Waals surface area contributed by atoms with Crippen LogP contribution in [0.4, 0.5) is 5.69 Å². The molecule has 1 aromatic heterocycles. The Kier molecular flexibility index (Phi) is 8.62. The first-order valence-electron chi connectivity index (χ1n) is 10.7. The topological polar surface area (TPSA) is 74.5 Å². The van der Waals surface area contributed by atoms with E-state index >= 15 is 0 Å². The molecule has 1 atom stereocenters. The first-order valence-corrected chi connectivity index (χ1v) is 11.1. The molecule has 31 heavy (non-hydrogen) atoms. The summed E-state index contributed by atoms with van der Waals surface area (Å²) in [5.41, 5.74) is 5.46. The highest BCUT2D eigenvalue weighted by Gasteiger charge is 2.19. The monoisotopic (exact) mass is 438 g/mol. The second kappa shape index (κ2) is 11.6. The second-order valence-corrected chi connectivity index (χ2v) is 8.05. The highest BCUT2D eigenvalue weighted by molar-refractivity contribution is 7.80. The number of para-hydroxylation sites is 1. The van der Waals surface area contributed by atoms with Crippen LogP contribution in [0.2, 0.25) is 0 Å². The molecular weight excluding hydrogens is 408 g/mol. The summed E-state index contributed by atoms with van der Waals surface area (Å²) < 4.78 is 5.21. The molecule has 1 unspecified atom stereocenters. The number of hydrogen-bond acceptors (Lipinski definition) is 5. The zero-order valence-corrected chi connectivity index (χ0v) is 18.7. The van der Waals surface area contributed by atoms with Crippen LogP contribution in [-0.4, -0.2) is 24.7 Å². The van der Waals surface area contributed by atoms with Crippen molar-refractivity contribution in [3.63, 3.8) is 0 Å². The van der Waals surface area contributed by atoms with Gasteiger partial charge in [0, 0.05) is 29.6 Å². The fraction of sp³-hybridized carbons (Fsp3) is 0.320. The van der Waals surface area contributed by atoms with Crippen LogP contribution in [0.5, 0.6) is 0 Å². The van der Waals surface area contributed by atoms with Crippen LogP contribution in [0.15, 0.2) is 70.4 Å². The number of aliphatic carboxylic acids is 1. The third kappa shape index (κ3) is 6.39. The first kappa shape index (κ1) is 23.0. The predicted octanol–water partition coefficient (Wildman–Crippen LogP) is 5.99. The van der Waals surface area contributed by atoms with E-state index in [-0.39, 0.29) is 12.5 Å². The standard InChI is InChI=1S/C25H30N2O3S/c1-26-22-9-6-5-8-20(22)25(27-14-7-3-2-4-10-24(28)29)21-12-11-18(16-23(21)31)19-13-15-30-17-19/h5-6,8-9,11-13,15-17,25-27,31H,2-4,7,10,14H2,1H3,(H,28,29). The van der Waals surface area contributed by atoms with Gasteiger partial charge in [-0.3, -0.25) is 4.79 Å². The number of carbonyl (C=O) groups is 1. The van der Waals surface area contributed by atoms with E-state index in [1.54, 1.807) is 12.5 Å². The number of nitrogens with one attached hydrogen (secondary N) is 2. The lowest BCUT2D eigenvalue weighted by atomic mass is 9.95. The number of rotatable bonds is 12. The average Bonchev–Trinajstić information content (AvgIpc) is 3.31.